The van der Waals surface area contributed by atoms with E-state index in [1.807, 2.05) is 6.07 Å². The number of rotatable bonds is 7. The molecule has 0 saturated carbocycles. The minimum Gasteiger partial charge on any atom is -0.208 e. The van der Waals surface area contributed by atoms with Gasteiger partial charge in [0.05, 0.1) is 16.1 Å². The summed E-state index contributed by atoms with van der Waals surface area (Å²) in [5.41, 5.74) is 7.76. The van der Waals surface area contributed by atoms with Crippen molar-refractivity contribution in [3.63, 3.8) is 0 Å². The van der Waals surface area contributed by atoms with E-state index in [1.165, 1.54) is 27.1 Å². The van der Waals surface area contributed by atoms with E-state index in [0.29, 0.717) is 17.5 Å². The zero-order valence-electron chi connectivity index (χ0n) is 26.5. The topological polar surface area (TPSA) is 38.7 Å². The van der Waals surface area contributed by atoms with Gasteiger partial charge in [0.15, 0.2) is 17.5 Å². The molecule has 5 heteroatoms. The second-order valence-electron chi connectivity index (χ2n) is 13.5. The van der Waals surface area contributed by atoms with E-state index in [9.17, 15) is 0 Å². The quantitative estimate of drug-likeness (QED) is 0.170. The van der Waals surface area contributed by atoms with Crippen molar-refractivity contribution < 1.29 is 0 Å². The normalized spacial score (nSPS) is 11.9. The lowest BCUT2D eigenvalue weighted by Gasteiger charge is -2.17. The Kier molecular flexibility index (Phi) is 8.01. The van der Waals surface area contributed by atoms with E-state index in [1.54, 1.807) is 0 Å². The number of hydrogen-bond donors (Lipinski definition) is 0. The highest BCUT2D eigenvalue weighted by Crippen LogP contribution is 2.29. The van der Waals surface area contributed by atoms with E-state index in [4.69, 9.17) is 15.0 Å². The maximum Gasteiger partial charge on any atom is 0.164 e. The summed E-state index contributed by atoms with van der Waals surface area (Å²) >= 11 is 0. The Balaban J connectivity index is 1.36. The van der Waals surface area contributed by atoms with Crippen LogP contribution in [0.25, 0.3) is 56.4 Å². The highest BCUT2D eigenvalue weighted by Gasteiger charge is 2.19. The highest BCUT2D eigenvalue weighted by atomic mass is 28.3. The van der Waals surface area contributed by atoms with Crippen molar-refractivity contribution in [2.45, 2.75) is 39.3 Å². The van der Waals surface area contributed by atoms with Crippen LogP contribution in [0.3, 0.4) is 0 Å². The summed E-state index contributed by atoms with van der Waals surface area (Å²) in [5.74, 6) is 2.07. The van der Waals surface area contributed by atoms with E-state index < -0.39 is 16.1 Å². The SMILES string of the molecule is C[Si](C)(C)c1ccc(-c2nc(-c3ccc(-c4ccc(-c5ccccc5)cc4)cc3)nc(-c3ccc([Si](C)(C)C)cc3)n2)cc1. The Bertz CT molecular complexity index is 1790. The molecule has 0 aliphatic carbocycles. The zero-order valence-corrected chi connectivity index (χ0v) is 28.5. The lowest BCUT2D eigenvalue weighted by molar-refractivity contribution is 1.07. The van der Waals surface area contributed by atoms with Crippen LogP contribution >= 0.6 is 0 Å². The minimum absolute atomic E-state index is 0.680. The predicted octanol–water partition coefficient (Wildman–Crippen LogP) is 9.30. The minimum atomic E-state index is -1.41. The van der Waals surface area contributed by atoms with Crippen LogP contribution in [0.5, 0.6) is 0 Å². The number of aromatic nitrogens is 3. The van der Waals surface area contributed by atoms with Gasteiger partial charge in [-0.2, -0.15) is 0 Å². The third-order valence-corrected chi connectivity index (χ3v) is 12.3. The fourth-order valence-electron chi connectivity index (χ4n) is 5.30. The molecular formula is C39H39N3Si2. The van der Waals surface area contributed by atoms with Crippen molar-refractivity contribution in [2.75, 3.05) is 0 Å². The molecule has 0 fully saturated rings. The molecule has 218 valence electrons. The summed E-state index contributed by atoms with van der Waals surface area (Å²) in [5, 5.41) is 2.84. The van der Waals surface area contributed by atoms with Gasteiger partial charge in [0.1, 0.15) is 0 Å². The molecular weight excluding hydrogens is 567 g/mol. The molecule has 0 unspecified atom stereocenters. The Morgan fingerprint density at radius 3 is 0.841 bits per heavy atom. The maximum absolute atomic E-state index is 4.99. The lowest BCUT2D eigenvalue weighted by Crippen LogP contribution is -2.37. The van der Waals surface area contributed by atoms with Crippen molar-refractivity contribution in [2.24, 2.45) is 0 Å². The van der Waals surface area contributed by atoms with E-state index >= 15 is 0 Å². The molecule has 1 aromatic heterocycles. The average molecular weight is 606 g/mol. The largest absolute Gasteiger partial charge is 0.208 e. The maximum atomic E-state index is 4.99. The third kappa shape index (κ3) is 6.54. The van der Waals surface area contributed by atoms with Gasteiger partial charge in [-0.05, 0) is 22.3 Å². The van der Waals surface area contributed by atoms with Gasteiger partial charge in [-0.3, -0.25) is 0 Å². The highest BCUT2D eigenvalue weighted by molar-refractivity contribution is 6.89. The lowest BCUT2D eigenvalue weighted by atomic mass is 9.99. The summed E-state index contributed by atoms with van der Waals surface area (Å²) < 4.78 is 0. The van der Waals surface area contributed by atoms with Crippen LogP contribution in [0.2, 0.25) is 39.3 Å². The molecule has 3 nitrogen and oxygen atoms in total. The fraction of sp³-hybridized carbons (Fsp3) is 0.154. The first-order valence-electron chi connectivity index (χ1n) is 15.3. The molecule has 0 radical (unpaired) electrons. The zero-order chi connectivity index (χ0) is 30.9. The molecule has 0 atom stereocenters. The summed E-state index contributed by atoms with van der Waals surface area (Å²) in [6, 6.07) is 45.4. The van der Waals surface area contributed by atoms with Gasteiger partial charge in [0.2, 0.25) is 0 Å². The van der Waals surface area contributed by atoms with Crippen molar-refractivity contribution in [1.29, 1.82) is 0 Å². The van der Waals surface area contributed by atoms with E-state index in [0.717, 1.165) is 22.3 Å². The molecule has 0 saturated heterocycles. The van der Waals surface area contributed by atoms with Crippen LogP contribution in [0.4, 0.5) is 0 Å². The van der Waals surface area contributed by atoms with Crippen molar-refractivity contribution in [3.8, 4) is 56.4 Å². The molecule has 5 aromatic carbocycles. The molecule has 0 aliphatic rings. The second-order valence-corrected chi connectivity index (χ2v) is 23.6. The fourth-order valence-corrected chi connectivity index (χ4v) is 7.63. The first-order chi connectivity index (χ1) is 21.0. The van der Waals surface area contributed by atoms with Gasteiger partial charge in [0, 0.05) is 16.7 Å². The predicted molar refractivity (Wildman–Crippen MR) is 193 cm³/mol. The number of hydrogen-bond acceptors (Lipinski definition) is 3. The molecule has 0 aliphatic heterocycles. The number of benzene rings is 5. The van der Waals surface area contributed by atoms with Gasteiger partial charge < -0.3 is 0 Å². The Morgan fingerprint density at radius 2 is 0.545 bits per heavy atom. The van der Waals surface area contributed by atoms with Crippen LogP contribution in [0.1, 0.15) is 0 Å². The van der Waals surface area contributed by atoms with Crippen LogP contribution in [0.15, 0.2) is 127 Å². The Labute approximate surface area is 263 Å². The van der Waals surface area contributed by atoms with Crippen molar-refractivity contribution in [1.82, 2.24) is 15.0 Å². The Morgan fingerprint density at radius 1 is 0.295 bits per heavy atom. The van der Waals surface area contributed by atoms with Crippen LogP contribution in [0, 0.1) is 0 Å². The molecule has 0 spiro atoms. The monoisotopic (exact) mass is 605 g/mol. The molecule has 0 bridgehead atoms. The standard InChI is InChI=1S/C39H39N3Si2/c1-43(2,3)35-24-20-33(21-25-35)38-40-37(41-39(42-38)34-22-26-36(27-23-34)44(4,5)6)32-18-16-31(17-19-32)30-14-12-29(13-15-30)28-10-8-7-9-11-28/h7-27H,1-6H3. The van der Waals surface area contributed by atoms with Crippen molar-refractivity contribution in [3.05, 3.63) is 127 Å². The molecule has 44 heavy (non-hydrogen) atoms. The molecule has 6 rings (SSSR count). The molecule has 0 N–H and O–H groups in total. The molecule has 6 aromatic rings. The Hall–Kier alpha value is -4.46. The van der Waals surface area contributed by atoms with Gasteiger partial charge in [-0.1, -0.05) is 177 Å². The average Bonchev–Trinajstić information content (AvgIpc) is 3.04. The van der Waals surface area contributed by atoms with Gasteiger partial charge in [0.25, 0.3) is 0 Å². The second kappa shape index (κ2) is 11.9. The summed E-state index contributed by atoms with van der Waals surface area (Å²) in [7, 11) is -2.82. The van der Waals surface area contributed by atoms with Crippen LogP contribution < -0.4 is 10.4 Å². The van der Waals surface area contributed by atoms with Crippen molar-refractivity contribution >= 4 is 26.5 Å². The first-order valence-corrected chi connectivity index (χ1v) is 22.3. The summed E-state index contributed by atoms with van der Waals surface area (Å²) in [6.45, 7) is 14.2. The third-order valence-electron chi connectivity index (χ3n) is 8.12. The smallest absolute Gasteiger partial charge is 0.164 e. The summed E-state index contributed by atoms with van der Waals surface area (Å²) in [6.07, 6.45) is 0. The van der Waals surface area contributed by atoms with Crippen LogP contribution in [-0.2, 0) is 0 Å². The molecule has 1 heterocycles. The van der Waals surface area contributed by atoms with E-state index in [2.05, 4.69) is 161 Å². The van der Waals surface area contributed by atoms with Gasteiger partial charge >= 0.3 is 0 Å². The molecule has 0 amide bonds. The summed E-state index contributed by atoms with van der Waals surface area (Å²) in [4.78, 5) is 15.0. The van der Waals surface area contributed by atoms with Gasteiger partial charge in [-0.15, -0.1) is 0 Å². The van der Waals surface area contributed by atoms with Gasteiger partial charge in [-0.25, -0.2) is 15.0 Å². The van der Waals surface area contributed by atoms with E-state index in [-0.39, 0.29) is 0 Å². The first kappa shape index (κ1) is 29.6. The number of nitrogens with zero attached hydrogens (tertiary/aromatic N) is 3. The van der Waals surface area contributed by atoms with Crippen LogP contribution in [-0.4, -0.2) is 31.1 Å².